The summed E-state index contributed by atoms with van der Waals surface area (Å²) < 4.78 is 27.5. The Kier molecular flexibility index (Phi) is 4.19. The minimum absolute atomic E-state index is 0.230. The zero-order chi connectivity index (χ0) is 15.6. The number of thiophene rings is 1. The SMILES string of the molecule is CCc1ccc(S(=O)(=O)NCc2ccc3nccnc3c2)s1. The molecule has 0 unspecified atom stereocenters. The lowest BCUT2D eigenvalue weighted by Gasteiger charge is -2.05. The fraction of sp³-hybridized carbons (Fsp3) is 0.200. The third kappa shape index (κ3) is 3.16. The molecule has 0 amide bonds. The van der Waals surface area contributed by atoms with Crippen LogP contribution in [0.15, 0.2) is 46.9 Å². The minimum Gasteiger partial charge on any atom is -0.253 e. The first kappa shape index (κ1) is 15.1. The summed E-state index contributed by atoms with van der Waals surface area (Å²) in [7, 11) is -3.47. The largest absolute Gasteiger partial charge is 0.253 e. The summed E-state index contributed by atoms with van der Waals surface area (Å²) in [4.78, 5) is 9.47. The number of fused-ring (bicyclic) bond motifs is 1. The molecule has 0 aliphatic rings. The molecule has 0 bridgehead atoms. The number of aryl methyl sites for hydroxylation is 1. The first-order valence-electron chi connectivity index (χ1n) is 6.86. The lowest BCUT2D eigenvalue weighted by Crippen LogP contribution is -2.22. The van der Waals surface area contributed by atoms with E-state index < -0.39 is 10.0 Å². The van der Waals surface area contributed by atoms with Crippen LogP contribution in [0.5, 0.6) is 0 Å². The van der Waals surface area contributed by atoms with Crippen LogP contribution >= 0.6 is 11.3 Å². The van der Waals surface area contributed by atoms with Gasteiger partial charge < -0.3 is 0 Å². The monoisotopic (exact) mass is 333 g/mol. The molecule has 0 saturated carbocycles. The van der Waals surface area contributed by atoms with Crippen LogP contribution in [0.2, 0.25) is 0 Å². The number of rotatable bonds is 5. The van der Waals surface area contributed by atoms with E-state index in [9.17, 15) is 8.42 Å². The number of sulfonamides is 1. The highest BCUT2D eigenvalue weighted by Gasteiger charge is 2.16. The summed E-state index contributed by atoms with van der Waals surface area (Å²) in [6.45, 7) is 2.24. The molecule has 7 heteroatoms. The Morgan fingerprint density at radius 1 is 1.09 bits per heavy atom. The average Bonchev–Trinajstić information content (AvgIpc) is 3.03. The third-order valence-corrected chi connectivity index (χ3v) is 6.37. The molecule has 114 valence electrons. The predicted molar refractivity (Wildman–Crippen MR) is 87.3 cm³/mol. The second kappa shape index (κ2) is 6.12. The van der Waals surface area contributed by atoms with E-state index in [1.807, 2.05) is 31.2 Å². The van der Waals surface area contributed by atoms with Crippen molar-refractivity contribution in [1.82, 2.24) is 14.7 Å². The van der Waals surface area contributed by atoms with Crippen LogP contribution in [-0.2, 0) is 23.0 Å². The molecule has 0 atom stereocenters. The van der Waals surface area contributed by atoms with E-state index in [0.29, 0.717) is 4.21 Å². The van der Waals surface area contributed by atoms with Gasteiger partial charge in [-0.15, -0.1) is 11.3 Å². The van der Waals surface area contributed by atoms with Gasteiger partial charge in [-0.25, -0.2) is 13.1 Å². The maximum absolute atomic E-state index is 12.3. The molecule has 3 aromatic rings. The molecule has 0 spiro atoms. The van der Waals surface area contributed by atoms with Crippen molar-refractivity contribution in [1.29, 1.82) is 0 Å². The van der Waals surface area contributed by atoms with Crippen molar-refractivity contribution in [2.75, 3.05) is 0 Å². The van der Waals surface area contributed by atoms with Crippen molar-refractivity contribution in [2.45, 2.75) is 24.1 Å². The summed E-state index contributed by atoms with van der Waals surface area (Å²) in [6.07, 6.45) is 4.09. The van der Waals surface area contributed by atoms with Crippen LogP contribution in [0.3, 0.4) is 0 Å². The molecule has 0 aliphatic carbocycles. The van der Waals surface area contributed by atoms with Crippen molar-refractivity contribution in [2.24, 2.45) is 0 Å². The molecule has 1 N–H and O–H groups in total. The van der Waals surface area contributed by atoms with Gasteiger partial charge in [0, 0.05) is 23.8 Å². The molecule has 2 aromatic heterocycles. The third-order valence-electron chi connectivity index (χ3n) is 3.25. The Labute approximate surface area is 133 Å². The summed E-state index contributed by atoms with van der Waals surface area (Å²) in [5.41, 5.74) is 2.40. The number of nitrogens with one attached hydrogen (secondary N) is 1. The lowest BCUT2D eigenvalue weighted by molar-refractivity contribution is 0.583. The second-order valence-corrected chi connectivity index (χ2v) is 7.94. The smallest absolute Gasteiger partial charge is 0.250 e. The van der Waals surface area contributed by atoms with Crippen LogP contribution < -0.4 is 4.72 Å². The number of benzene rings is 1. The predicted octanol–water partition coefficient (Wildman–Crippen LogP) is 2.73. The highest BCUT2D eigenvalue weighted by Crippen LogP contribution is 2.22. The van der Waals surface area contributed by atoms with E-state index >= 15 is 0 Å². The minimum atomic E-state index is -3.47. The van der Waals surface area contributed by atoms with E-state index in [4.69, 9.17) is 0 Å². The number of hydrogen-bond donors (Lipinski definition) is 1. The normalized spacial score (nSPS) is 11.9. The summed E-state index contributed by atoms with van der Waals surface area (Å²) in [5, 5.41) is 0. The molecule has 0 radical (unpaired) electrons. The van der Waals surface area contributed by atoms with Gasteiger partial charge in [-0.1, -0.05) is 13.0 Å². The molecule has 0 saturated heterocycles. The Hall–Kier alpha value is -1.83. The Balaban J connectivity index is 1.77. The van der Waals surface area contributed by atoms with E-state index in [1.54, 1.807) is 18.5 Å². The molecule has 3 rings (SSSR count). The summed E-state index contributed by atoms with van der Waals surface area (Å²) >= 11 is 1.30. The maximum atomic E-state index is 12.3. The van der Waals surface area contributed by atoms with E-state index in [1.165, 1.54) is 11.3 Å². The number of aromatic nitrogens is 2. The van der Waals surface area contributed by atoms with Crippen molar-refractivity contribution < 1.29 is 8.42 Å². The first-order chi connectivity index (χ1) is 10.6. The first-order valence-corrected chi connectivity index (χ1v) is 9.16. The van der Waals surface area contributed by atoms with Gasteiger partial charge in [-0.2, -0.15) is 0 Å². The van der Waals surface area contributed by atoms with Crippen LogP contribution in [-0.4, -0.2) is 18.4 Å². The van der Waals surface area contributed by atoms with E-state index in [2.05, 4.69) is 14.7 Å². The Morgan fingerprint density at radius 2 is 1.86 bits per heavy atom. The molecule has 0 fully saturated rings. The second-order valence-electron chi connectivity index (χ2n) is 4.78. The standard InChI is InChI=1S/C15H15N3O2S2/c1-2-12-4-6-15(21-12)22(19,20)18-10-11-3-5-13-14(9-11)17-8-7-16-13/h3-9,18H,2,10H2,1H3. The molecule has 22 heavy (non-hydrogen) atoms. The van der Waals surface area contributed by atoms with E-state index in [0.717, 1.165) is 27.9 Å². The number of nitrogens with zero attached hydrogens (tertiary/aromatic N) is 2. The zero-order valence-corrected chi connectivity index (χ0v) is 13.6. The van der Waals surface area contributed by atoms with Gasteiger partial charge >= 0.3 is 0 Å². The van der Waals surface area contributed by atoms with Gasteiger partial charge in [0.05, 0.1) is 11.0 Å². The van der Waals surface area contributed by atoms with Crippen molar-refractivity contribution in [3.8, 4) is 0 Å². The molecule has 1 aromatic carbocycles. The highest BCUT2D eigenvalue weighted by molar-refractivity contribution is 7.91. The molecule has 5 nitrogen and oxygen atoms in total. The Bertz CT molecular complexity index is 904. The van der Waals surface area contributed by atoms with Crippen molar-refractivity contribution >= 4 is 32.4 Å². The van der Waals surface area contributed by atoms with Crippen molar-refractivity contribution in [3.05, 3.63) is 53.2 Å². The van der Waals surface area contributed by atoms with Crippen LogP contribution in [0.4, 0.5) is 0 Å². The molecular weight excluding hydrogens is 318 g/mol. The van der Waals surface area contributed by atoms with E-state index in [-0.39, 0.29) is 6.54 Å². The van der Waals surface area contributed by atoms with Gasteiger partial charge in [0.25, 0.3) is 0 Å². The van der Waals surface area contributed by atoms with Crippen LogP contribution in [0.1, 0.15) is 17.4 Å². The Morgan fingerprint density at radius 3 is 2.59 bits per heavy atom. The molecule has 0 aliphatic heterocycles. The van der Waals surface area contributed by atoms with Gasteiger partial charge in [-0.3, -0.25) is 9.97 Å². The van der Waals surface area contributed by atoms with Gasteiger partial charge in [0.15, 0.2) is 0 Å². The van der Waals surface area contributed by atoms with Crippen molar-refractivity contribution in [3.63, 3.8) is 0 Å². The molecular formula is C15H15N3O2S2. The fourth-order valence-electron chi connectivity index (χ4n) is 2.06. The topological polar surface area (TPSA) is 72.0 Å². The van der Waals surface area contributed by atoms with Crippen LogP contribution in [0, 0.1) is 0 Å². The summed E-state index contributed by atoms with van der Waals surface area (Å²) in [5.74, 6) is 0. The van der Waals surface area contributed by atoms with Gasteiger partial charge in [0.1, 0.15) is 4.21 Å². The quantitative estimate of drug-likeness (QED) is 0.779. The van der Waals surface area contributed by atoms with Gasteiger partial charge in [-0.05, 0) is 36.2 Å². The maximum Gasteiger partial charge on any atom is 0.250 e. The lowest BCUT2D eigenvalue weighted by atomic mass is 10.2. The highest BCUT2D eigenvalue weighted by atomic mass is 32.2. The van der Waals surface area contributed by atoms with Gasteiger partial charge in [0.2, 0.25) is 10.0 Å². The molecule has 2 heterocycles. The zero-order valence-electron chi connectivity index (χ0n) is 12.0. The average molecular weight is 333 g/mol. The van der Waals surface area contributed by atoms with Crippen LogP contribution in [0.25, 0.3) is 11.0 Å². The fourth-order valence-corrected chi connectivity index (χ4v) is 4.42. The number of hydrogen-bond acceptors (Lipinski definition) is 5. The summed E-state index contributed by atoms with van der Waals surface area (Å²) in [6, 6.07) is 9.04.